The van der Waals surface area contributed by atoms with E-state index in [0.717, 1.165) is 6.42 Å². The van der Waals surface area contributed by atoms with Gasteiger partial charge < -0.3 is 0 Å². The average Bonchev–Trinajstić information content (AvgIpc) is 2.38. The quantitative estimate of drug-likeness (QED) is 0.658. The van der Waals surface area contributed by atoms with Crippen LogP contribution in [0.3, 0.4) is 0 Å². The van der Waals surface area contributed by atoms with E-state index in [1.54, 1.807) is 6.20 Å². The molecule has 0 amide bonds. The van der Waals surface area contributed by atoms with Crippen molar-refractivity contribution < 1.29 is 0 Å². The van der Waals surface area contributed by atoms with Gasteiger partial charge in [0.05, 0.1) is 0 Å². The molecule has 0 saturated heterocycles. The van der Waals surface area contributed by atoms with Crippen LogP contribution in [0.2, 0.25) is 0 Å². The molecule has 0 spiro atoms. The van der Waals surface area contributed by atoms with Crippen LogP contribution in [-0.4, -0.2) is 4.98 Å². The molecule has 0 atom stereocenters. The summed E-state index contributed by atoms with van der Waals surface area (Å²) in [5, 5.41) is 0. The largest absolute Gasteiger partial charge is 0.264 e. The minimum absolute atomic E-state index is 1.11. The van der Waals surface area contributed by atoms with Crippen molar-refractivity contribution in [1.29, 1.82) is 0 Å². The Kier molecular flexibility index (Phi) is 8.14. The first-order valence-corrected chi connectivity index (χ1v) is 5.98. The first-order chi connectivity index (χ1) is 7.74. The van der Waals surface area contributed by atoms with Crippen LogP contribution in [0, 0.1) is 0 Å². The van der Waals surface area contributed by atoms with Gasteiger partial charge in [0.25, 0.3) is 0 Å². The number of allylic oxidation sites excluding steroid dienone is 4. The maximum atomic E-state index is 4.09. The van der Waals surface area contributed by atoms with E-state index in [4.69, 9.17) is 0 Å². The number of hydrogen-bond acceptors (Lipinski definition) is 1. The van der Waals surface area contributed by atoms with Crippen LogP contribution < -0.4 is 0 Å². The molecule has 1 rings (SSSR count). The summed E-state index contributed by atoms with van der Waals surface area (Å²) in [5.41, 5.74) is 3.84. The zero-order valence-electron chi connectivity index (χ0n) is 11.1. The van der Waals surface area contributed by atoms with Crippen LogP contribution in [0.15, 0.2) is 42.3 Å². The Morgan fingerprint density at radius 3 is 2.44 bits per heavy atom. The lowest BCUT2D eigenvalue weighted by Crippen LogP contribution is -1.80. The molecule has 1 nitrogen and oxygen atoms in total. The molecule has 0 aromatic carbocycles. The topological polar surface area (TPSA) is 12.9 Å². The highest BCUT2D eigenvalue weighted by Gasteiger charge is 1.92. The van der Waals surface area contributed by atoms with E-state index >= 15 is 0 Å². The third kappa shape index (κ3) is 5.50. The second-order valence-electron chi connectivity index (χ2n) is 3.46. The Hall–Kier alpha value is -1.37. The Morgan fingerprint density at radius 1 is 1.25 bits per heavy atom. The maximum absolute atomic E-state index is 4.09. The third-order valence-corrected chi connectivity index (χ3v) is 2.29. The highest BCUT2D eigenvalue weighted by molar-refractivity contribution is 5.64. The van der Waals surface area contributed by atoms with Crippen LogP contribution in [-0.2, 0) is 0 Å². The maximum Gasteiger partial charge on any atom is 0.0342 e. The van der Waals surface area contributed by atoms with Crippen molar-refractivity contribution in [2.75, 3.05) is 0 Å². The van der Waals surface area contributed by atoms with Crippen LogP contribution in [0.4, 0.5) is 0 Å². The highest BCUT2D eigenvalue weighted by atomic mass is 14.6. The number of nitrogens with zero attached hydrogens (tertiary/aromatic N) is 1. The zero-order valence-corrected chi connectivity index (χ0v) is 11.1. The van der Waals surface area contributed by atoms with Crippen molar-refractivity contribution in [3.05, 3.63) is 47.8 Å². The minimum Gasteiger partial charge on any atom is -0.264 e. The normalized spacial score (nSPS) is 11.8. The van der Waals surface area contributed by atoms with Gasteiger partial charge in [0.15, 0.2) is 0 Å². The molecular formula is C15H23N. The molecule has 0 bridgehead atoms. The summed E-state index contributed by atoms with van der Waals surface area (Å²) in [5.74, 6) is 0. The van der Waals surface area contributed by atoms with E-state index < -0.39 is 0 Å². The molecule has 1 aromatic rings. The lowest BCUT2D eigenvalue weighted by molar-refractivity contribution is 1.10. The van der Waals surface area contributed by atoms with Crippen LogP contribution >= 0.6 is 0 Å². The molecule has 1 aromatic heterocycles. The number of aromatic nitrogens is 1. The molecule has 0 aliphatic heterocycles. The summed E-state index contributed by atoms with van der Waals surface area (Å²) in [7, 11) is 0. The first-order valence-electron chi connectivity index (χ1n) is 5.98. The van der Waals surface area contributed by atoms with Crippen LogP contribution in [0.5, 0.6) is 0 Å². The standard InChI is InChI=1S/C13H17N.C2H6/c1-4-11(2)7-8-12(3)13-6-5-9-14-10-13;1-2/h5-10H,4H2,1-3H3;1-2H3/b11-7+,12-8+;. The fraction of sp³-hybridized carbons (Fsp3) is 0.400. The summed E-state index contributed by atoms with van der Waals surface area (Å²) < 4.78 is 0. The fourth-order valence-electron chi connectivity index (χ4n) is 1.08. The monoisotopic (exact) mass is 217 g/mol. The molecule has 0 aliphatic carbocycles. The third-order valence-electron chi connectivity index (χ3n) is 2.29. The van der Waals surface area contributed by atoms with E-state index in [9.17, 15) is 0 Å². The van der Waals surface area contributed by atoms with Gasteiger partial charge in [-0.25, -0.2) is 0 Å². The Labute approximate surface area is 99.9 Å². The first kappa shape index (κ1) is 14.6. The van der Waals surface area contributed by atoms with Gasteiger partial charge in [-0.1, -0.05) is 44.6 Å². The van der Waals surface area contributed by atoms with Gasteiger partial charge in [-0.3, -0.25) is 4.98 Å². The Morgan fingerprint density at radius 2 is 1.94 bits per heavy atom. The second kappa shape index (κ2) is 8.90. The predicted molar refractivity (Wildman–Crippen MR) is 73.3 cm³/mol. The van der Waals surface area contributed by atoms with E-state index in [2.05, 4.69) is 44.0 Å². The van der Waals surface area contributed by atoms with Gasteiger partial charge in [-0.2, -0.15) is 0 Å². The van der Waals surface area contributed by atoms with Crippen molar-refractivity contribution in [2.24, 2.45) is 0 Å². The van der Waals surface area contributed by atoms with Gasteiger partial charge in [0.2, 0.25) is 0 Å². The number of pyridine rings is 1. The second-order valence-corrected chi connectivity index (χ2v) is 3.46. The minimum atomic E-state index is 1.11. The highest BCUT2D eigenvalue weighted by Crippen LogP contribution is 2.12. The SMILES string of the molecule is CC.CC/C(C)=C/C=C(\C)c1cccnc1. The van der Waals surface area contributed by atoms with Crippen LogP contribution in [0.25, 0.3) is 5.57 Å². The molecule has 0 N–H and O–H groups in total. The van der Waals surface area contributed by atoms with Gasteiger partial charge in [-0.05, 0) is 37.5 Å². The molecule has 0 saturated carbocycles. The zero-order chi connectivity index (χ0) is 12.4. The predicted octanol–water partition coefficient (Wildman–Crippen LogP) is 4.87. The number of rotatable bonds is 3. The molecule has 0 unspecified atom stereocenters. The van der Waals surface area contributed by atoms with E-state index in [-0.39, 0.29) is 0 Å². The van der Waals surface area contributed by atoms with Crippen molar-refractivity contribution in [1.82, 2.24) is 4.98 Å². The van der Waals surface area contributed by atoms with Crippen molar-refractivity contribution >= 4 is 5.57 Å². The molecule has 88 valence electrons. The Bertz CT molecular complexity index is 334. The van der Waals surface area contributed by atoms with Crippen molar-refractivity contribution in [2.45, 2.75) is 41.0 Å². The molecule has 1 heteroatoms. The molecule has 16 heavy (non-hydrogen) atoms. The van der Waals surface area contributed by atoms with E-state index in [1.807, 2.05) is 26.1 Å². The summed E-state index contributed by atoms with van der Waals surface area (Å²) in [6.07, 6.45) is 9.11. The average molecular weight is 217 g/mol. The van der Waals surface area contributed by atoms with Crippen molar-refractivity contribution in [3.8, 4) is 0 Å². The van der Waals surface area contributed by atoms with Gasteiger partial charge >= 0.3 is 0 Å². The lowest BCUT2D eigenvalue weighted by atomic mass is 10.1. The summed E-state index contributed by atoms with van der Waals surface area (Å²) >= 11 is 0. The summed E-state index contributed by atoms with van der Waals surface area (Å²) in [6, 6.07) is 4.04. The van der Waals surface area contributed by atoms with E-state index in [1.165, 1.54) is 16.7 Å². The summed E-state index contributed by atoms with van der Waals surface area (Å²) in [4.78, 5) is 4.09. The molecule has 0 fully saturated rings. The summed E-state index contributed by atoms with van der Waals surface area (Å²) in [6.45, 7) is 10.4. The van der Waals surface area contributed by atoms with E-state index in [0.29, 0.717) is 0 Å². The number of hydrogen-bond donors (Lipinski definition) is 0. The molecule has 0 radical (unpaired) electrons. The lowest BCUT2D eigenvalue weighted by Gasteiger charge is -1.98. The van der Waals surface area contributed by atoms with Gasteiger partial charge in [0.1, 0.15) is 0 Å². The molecular weight excluding hydrogens is 194 g/mol. The van der Waals surface area contributed by atoms with Crippen molar-refractivity contribution in [3.63, 3.8) is 0 Å². The van der Waals surface area contributed by atoms with Crippen LogP contribution in [0.1, 0.15) is 46.6 Å². The van der Waals surface area contributed by atoms with Gasteiger partial charge in [-0.15, -0.1) is 0 Å². The smallest absolute Gasteiger partial charge is 0.0342 e. The fourth-order valence-corrected chi connectivity index (χ4v) is 1.08. The van der Waals surface area contributed by atoms with Gasteiger partial charge in [0, 0.05) is 12.4 Å². The molecule has 0 aliphatic rings. The molecule has 1 heterocycles. The Balaban J connectivity index is 0.00000106.